The van der Waals surface area contributed by atoms with E-state index in [9.17, 15) is 5.11 Å². The first-order chi connectivity index (χ1) is 10.2. The molecule has 6 heteroatoms. The highest BCUT2D eigenvalue weighted by molar-refractivity contribution is 5.77. The minimum Gasteiger partial charge on any atom is -0.508 e. The summed E-state index contributed by atoms with van der Waals surface area (Å²) in [6, 6.07) is 10.7. The standard InChI is InChI=1S/C15H11N5O/c1-9-13-18-19-14(10-4-2-5-11(21)8-10)20(13)15-12(17-9)6-3-7-16-15/h2-8,21H,1H3. The summed E-state index contributed by atoms with van der Waals surface area (Å²) in [7, 11) is 0. The van der Waals surface area contributed by atoms with Crippen molar-refractivity contribution in [2.75, 3.05) is 0 Å². The van der Waals surface area contributed by atoms with Gasteiger partial charge in [-0.15, -0.1) is 10.2 Å². The number of phenolic OH excluding ortho intramolecular Hbond substituents is 1. The smallest absolute Gasteiger partial charge is 0.184 e. The van der Waals surface area contributed by atoms with Crippen molar-refractivity contribution in [3.8, 4) is 17.1 Å². The second-order valence-corrected chi connectivity index (χ2v) is 4.78. The fraction of sp³-hybridized carbons (Fsp3) is 0.0667. The van der Waals surface area contributed by atoms with Gasteiger partial charge in [-0.3, -0.25) is 4.40 Å². The second kappa shape index (κ2) is 4.24. The van der Waals surface area contributed by atoms with Crippen molar-refractivity contribution in [3.63, 3.8) is 0 Å². The molecule has 0 fully saturated rings. The Hall–Kier alpha value is -3.02. The Labute approximate surface area is 119 Å². The molecule has 0 amide bonds. The summed E-state index contributed by atoms with van der Waals surface area (Å²) in [6.45, 7) is 1.89. The van der Waals surface area contributed by atoms with E-state index in [-0.39, 0.29) is 5.75 Å². The van der Waals surface area contributed by atoms with E-state index in [1.165, 1.54) is 0 Å². The van der Waals surface area contributed by atoms with E-state index in [1.54, 1.807) is 24.4 Å². The predicted octanol–water partition coefficient (Wildman–Crippen LogP) is 2.35. The highest BCUT2D eigenvalue weighted by Gasteiger charge is 2.15. The molecule has 102 valence electrons. The summed E-state index contributed by atoms with van der Waals surface area (Å²) in [4.78, 5) is 8.88. The van der Waals surface area contributed by atoms with Gasteiger partial charge >= 0.3 is 0 Å². The first-order valence-corrected chi connectivity index (χ1v) is 6.50. The normalized spacial score (nSPS) is 11.3. The molecule has 0 bridgehead atoms. The number of hydrogen-bond acceptors (Lipinski definition) is 5. The molecule has 6 nitrogen and oxygen atoms in total. The van der Waals surface area contributed by atoms with Crippen LogP contribution >= 0.6 is 0 Å². The van der Waals surface area contributed by atoms with Crippen LogP contribution in [0.3, 0.4) is 0 Å². The van der Waals surface area contributed by atoms with Crippen molar-refractivity contribution in [1.29, 1.82) is 0 Å². The maximum Gasteiger partial charge on any atom is 0.184 e. The van der Waals surface area contributed by atoms with Crippen molar-refractivity contribution in [2.24, 2.45) is 0 Å². The van der Waals surface area contributed by atoms with Crippen LogP contribution in [0.2, 0.25) is 0 Å². The monoisotopic (exact) mass is 277 g/mol. The van der Waals surface area contributed by atoms with Gasteiger partial charge in [0, 0.05) is 11.8 Å². The van der Waals surface area contributed by atoms with Crippen LogP contribution < -0.4 is 0 Å². The quantitative estimate of drug-likeness (QED) is 0.578. The molecule has 1 aromatic carbocycles. The third kappa shape index (κ3) is 1.73. The molecule has 0 aliphatic rings. The van der Waals surface area contributed by atoms with Crippen LogP contribution in [0, 0.1) is 6.92 Å². The molecule has 0 saturated carbocycles. The minimum atomic E-state index is 0.187. The molecule has 4 rings (SSSR count). The predicted molar refractivity (Wildman–Crippen MR) is 77.9 cm³/mol. The largest absolute Gasteiger partial charge is 0.508 e. The van der Waals surface area contributed by atoms with E-state index in [0.717, 1.165) is 16.8 Å². The number of phenols is 1. The van der Waals surface area contributed by atoms with E-state index < -0.39 is 0 Å². The van der Waals surface area contributed by atoms with E-state index in [4.69, 9.17) is 0 Å². The Morgan fingerprint density at radius 2 is 1.95 bits per heavy atom. The maximum absolute atomic E-state index is 9.67. The number of aromatic hydroxyl groups is 1. The zero-order valence-corrected chi connectivity index (χ0v) is 11.2. The van der Waals surface area contributed by atoms with Crippen molar-refractivity contribution in [1.82, 2.24) is 24.6 Å². The lowest BCUT2D eigenvalue weighted by Crippen LogP contribution is -1.99. The molecule has 0 saturated heterocycles. The lowest BCUT2D eigenvalue weighted by atomic mass is 10.2. The Kier molecular flexibility index (Phi) is 2.38. The van der Waals surface area contributed by atoms with E-state index in [1.807, 2.05) is 29.5 Å². The van der Waals surface area contributed by atoms with Crippen LogP contribution in [0.25, 0.3) is 28.2 Å². The summed E-state index contributed by atoms with van der Waals surface area (Å²) in [6.07, 6.45) is 1.71. The molecule has 0 atom stereocenters. The Bertz CT molecular complexity index is 976. The molecule has 3 aromatic heterocycles. The second-order valence-electron chi connectivity index (χ2n) is 4.78. The van der Waals surface area contributed by atoms with Gasteiger partial charge in [-0.25, -0.2) is 9.97 Å². The number of nitrogens with zero attached hydrogens (tertiary/aromatic N) is 5. The summed E-state index contributed by atoms with van der Waals surface area (Å²) >= 11 is 0. The molecule has 0 spiro atoms. The van der Waals surface area contributed by atoms with Gasteiger partial charge < -0.3 is 5.11 Å². The topological polar surface area (TPSA) is 76.2 Å². The summed E-state index contributed by atoms with van der Waals surface area (Å²) < 4.78 is 1.87. The third-order valence-corrected chi connectivity index (χ3v) is 3.36. The molecule has 21 heavy (non-hydrogen) atoms. The van der Waals surface area contributed by atoms with Gasteiger partial charge in [0.15, 0.2) is 17.1 Å². The molecular weight excluding hydrogens is 266 g/mol. The van der Waals surface area contributed by atoms with Crippen molar-refractivity contribution in [2.45, 2.75) is 6.92 Å². The van der Waals surface area contributed by atoms with Crippen LogP contribution in [-0.2, 0) is 0 Å². The van der Waals surface area contributed by atoms with Gasteiger partial charge in [0.25, 0.3) is 0 Å². The first kappa shape index (κ1) is 11.8. The Morgan fingerprint density at radius 1 is 1.05 bits per heavy atom. The van der Waals surface area contributed by atoms with Gasteiger partial charge in [0.2, 0.25) is 0 Å². The van der Waals surface area contributed by atoms with Crippen LogP contribution in [0.15, 0.2) is 42.6 Å². The first-order valence-electron chi connectivity index (χ1n) is 6.50. The lowest BCUT2D eigenvalue weighted by molar-refractivity contribution is 0.475. The van der Waals surface area contributed by atoms with Gasteiger partial charge in [0.1, 0.15) is 11.3 Å². The molecule has 3 heterocycles. The van der Waals surface area contributed by atoms with E-state index >= 15 is 0 Å². The average molecular weight is 277 g/mol. The van der Waals surface area contributed by atoms with Gasteiger partial charge in [-0.1, -0.05) is 12.1 Å². The van der Waals surface area contributed by atoms with Crippen molar-refractivity contribution in [3.05, 3.63) is 48.3 Å². The van der Waals surface area contributed by atoms with Crippen molar-refractivity contribution < 1.29 is 5.11 Å². The third-order valence-electron chi connectivity index (χ3n) is 3.36. The lowest BCUT2D eigenvalue weighted by Gasteiger charge is -2.05. The molecule has 4 aromatic rings. The van der Waals surface area contributed by atoms with E-state index in [2.05, 4.69) is 20.2 Å². The number of aryl methyl sites for hydroxylation is 1. The van der Waals surface area contributed by atoms with Crippen LogP contribution in [0.4, 0.5) is 0 Å². The zero-order valence-electron chi connectivity index (χ0n) is 11.2. The van der Waals surface area contributed by atoms with Gasteiger partial charge in [-0.05, 0) is 31.2 Å². The van der Waals surface area contributed by atoms with Crippen LogP contribution in [-0.4, -0.2) is 29.7 Å². The minimum absolute atomic E-state index is 0.187. The highest BCUT2D eigenvalue weighted by atomic mass is 16.3. The highest BCUT2D eigenvalue weighted by Crippen LogP contribution is 2.25. The summed E-state index contributed by atoms with van der Waals surface area (Å²) in [5.41, 5.74) is 3.71. The Morgan fingerprint density at radius 3 is 2.81 bits per heavy atom. The number of hydrogen-bond donors (Lipinski definition) is 1. The fourth-order valence-electron chi connectivity index (χ4n) is 2.43. The molecule has 0 radical (unpaired) electrons. The summed E-state index contributed by atoms with van der Waals surface area (Å²) in [5.74, 6) is 0.822. The Balaban J connectivity index is 2.16. The van der Waals surface area contributed by atoms with Crippen molar-refractivity contribution >= 4 is 16.8 Å². The number of pyridine rings is 1. The number of aromatic nitrogens is 5. The van der Waals surface area contributed by atoms with Gasteiger partial charge in [-0.2, -0.15) is 0 Å². The zero-order chi connectivity index (χ0) is 14.4. The average Bonchev–Trinajstić information content (AvgIpc) is 2.93. The maximum atomic E-state index is 9.67. The van der Waals surface area contributed by atoms with Crippen LogP contribution in [0.5, 0.6) is 5.75 Å². The fourth-order valence-corrected chi connectivity index (χ4v) is 2.43. The van der Waals surface area contributed by atoms with E-state index in [0.29, 0.717) is 17.1 Å². The molecule has 0 aliphatic carbocycles. The van der Waals surface area contributed by atoms with Crippen LogP contribution in [0.1, 0.15) is 5.69 Å². The summed E-state index contributed by atoms with van der Waals surface area (Å²) in [5, 5.41) is 18.1. The molecule has 0 aliphatic heterocycles. The molecule has 0 unspecified atom stereocenters. The molecular formula is C15H11N5O. The molecule has 1 N–H and O–H groups in total. The number of rotatable bonds is 1. The number of benzene rings is 1. The SMILES string of the molecule is Cc1nc2cccnc2n2c(-c3cccc(O)c3)nnc12. The number of fused-ring (bicyclic) bond motifs is 3. The van der Waals surface area contributed by atoms with Gasteiger partial charge in [0.05, 0.1) is 5.69 Å².